The predicted octanol–water partition coefficient (Wildman–Crippen LogP) is 6.66. The topological polar surface area (TPSA) is 77.4 Å². The molecular weight excluding hydrogens is 452 g/mol. The monoisotopic (exact) mass is 486 g/mol. The van der Waals surface area contributed by atoms with Crippen molar-refractivity contribution in [3.05, 3.63) is 65.7 Å². The molecular formula is C26H34N2O5S. The molecule has 2 rings (SSSR count). The van der Waals surface area contributed by atoms with Gasteiger partial charge < -0.3 is 14.2 Å². The second-order valence-corrected chi connectivity index (χ2v) is 10.3. The van der Waals surface area contributed by atoms with Crippen LogP contribution in [-0.2, 0) is 22.6 Å². The smallest absolute Gasteiger partial charge is 0.436 e. The molecule has 0 heterocycles. The minimum atomic E-state index is -0.773. The SMILES string of the molecule is CS/C(=N\C(=O)OC(C)(C)C)N(Cc1cccc(OCc2ccccc2)c1)C(=O)OC(C)(C)C. The van der Waals surface area contributed by atoms with Crippen LogP contribution in [0.4, 0.5) is 9.59 Å². The number of aliphatic imine (C=N–C) groups is 1. The largest absolute Gasteiger partial charge is 0.489 e. The maximum absolute atomic E-state index is 13.1. The van der Waals surface area contributed by atoms with E-state index in [0.717, 1.165) is 22.9 Å². The van der Waals surface area contributed by atoms with Crippen LogP contribution in [0.1, 0.15) is 52.7 Å². The summed E-state index contributed by atoms with van der Waals surface area (Å²) in [5.41, 5.74) is 0.427. The molecule has 2 aromatic rings. The fourth-order valence-corrected chi connectivity index (χ4v) is 3.29. The Labute approximate surface area is 206 Å². The molecule has 0 aliphatic rings. The molecule has 0 saturated carbocycles. The van der Waals surface area contributed by atoms with Crippen LogP contribution >= 0.6 is 11.8 Å². The molecule has 0 aromatic heterocycles. The Bertz CT molecular complexity index is 994. The highest BCUT2D eigenvalue weighted by Gasteiger charge is 2.27. The van der Waals surface area contributed by atoms with E-state index >= 15 is 0 Å². The molecule has 0 unspecified atom stereocenters. The maximum Gasteiger partial charge on any atom is 0.436 e. The lowest BCUT2D eigenvalue weighted by molar-refractivity contribution is 0.0363. The zero-order valence-electron chi connectivity index (χ0n) is 21.0. The number of rotatable bonds is 5. The fourth-order valence-electron chi connectivity index (χ4n) is 2.76. The molecule has 0 fully saturated rings. The Balaban J connectivity index is 2.27. The maximum atomic E-state index is 13.1. The first-order valence-corrected chi connectivity index (χ1v) is 12.2. The third kappa shape index (κ3) is 9.87. The van der Waals surface area contributed by atoms with Crippen LogP contribution in [0.5, 0.6) is 5.75 Å². The summed E-state index contributed by atoms with van der Waals surface area (Å²) < 4.78 is 16.8. The number of carbonyl (C=O) groups is 2. The summed E-state index contributed by atoms with van der Waals surface area (Å²) in [6.45, 7) is 11.2. The van der Waals surface area contributed by atoms with Crippen molar-refractivity contribution < 1.29 is 23.8 Å². The molecule has 0 saturated heterocycles. The summed E-state index contributed by atoms with van der Waals surface area (Å²) in [4.78, 5) is 30.8. The second kappa shape index (κ2) is 11.9. The molecule has 34 heavy (non-hydrogen) atoms. The normalized spacial score (nSPS) is 12.1. The number of ether oxygens (including phenoxy) is 3. The highest BCUT2D eigenvalue weighted by molar-refractivity contribution is 8.13. The predicted molar refractivity (Wildman–Crippen MR) is 136 cm³/mol. The van der Waals surface area contributed by atoms with Crippen LogP contribution in [-0.4, -0.2) is 39.7 Å². The van der Waals surface area contributed by atoms with E-state index in [4.69, 9.17) is 14.2 Å². The molecule has 0 bridgehead atoms. The quantitative estimate of drug-likeness (QED) is 0.347. The molecule has 0 radical (unpaired) electrons. The lowest BCUT2D eigenvalue weighted by Crippen LogP contribution is -2.39. The van der Waals surface area contributed by atoms with Crippen LogP contribution in [0.2, 0.25) is 0 Å². The Morgan fingerprint density at radius 1 is 0.882 bits per heavy atom. The zero-order chi connectivity index (χ0) is 25.4. The van der Waals surface area contributed by atoms with Crippen molar-refractivity contribution in [2.45, 2.75) is 65.9 Å². The van der Waals surface area contributed by atoms with Crippen molar-refractivity contribution in [2.75, 3.05) is 6.26 Å². The van der Waals surface area contributed by atoms with Gasteiger partial charge in [-0.1, -0.05) is 54.2 Å². The van der Waals surface area contributed by atoms with Gasteiger partial charge in [-0.25, -0.2) is 9.59 Å². The first-order chi connectivity index (χ1) is 15.9. The minimum Gasteiger partial charge on any atom is -0.489 e. The van der Waals surface area contributed by atoms with Crippen LogP contribution in [0.3, 0.4) is 0 Å². The number of carbonyl (C=O) groups excluding carboxylic acids is 2. The Hall–Kier alpha value is -3.00. The molecule has 2 amide bonds. The third-order valence-electron chi connectivity index (χ3n) is 4.10. The van der Waals surface area contributed by atoms with E-state index in [1.807, 2.05) is 54.6 Å². The zero-order valence-corrected chi connectivity index (χ0v) is 21.8. The third-order valence-corrected chi connectivity index (χ3v) is 4.77. The average molecular weight is 487 g/mol. The van der Waals surface area contributed by atoms with Gasteiger partial charge in [0.1, 0.15) is 23.6 Å². The van der Waals surface area contributed by atoms with Gasteiger partial charge in [0.05, 0.1) is 6.54 Å². The summed E-state index contributed by atoms with van der Waals surface area (Å²) in [6.07, 6.45) is 0.352. The van der Waals surface area contributed by atoms with Crippen LogP contribution in [0, 0.1) is 0 Å². The highest BCUT2D eigenvalue weighted by Crippen LogP contribution is 2.21. The Kier molecular flexibility index (Phi) is 9.55. The first kappa shape index (κ1) is 27.2. The van der Waals surface area contributed by atoms with Crippen LogP contribution in [0.15, 0.2) is 59.6 Å². The number of amidine groups is 1. The van der Waals surface area contributed by atoms with E-state index in [-0.39, 0.29) is 11.7 Å². The van der Waals surface area contributed by atoms with Gasteiger partial charge in [-0.05, 0) is 71.1 Å². The number of amides is 2. The molecule has 0 N–H and O–H groups in total. The molecule has 184 valence electrons. The van der Waals surface area contributed by atoms with Gasteiger partial charge in [0, 0.05) is 0 Å². The van der Waals surface area contributed by atoms with Gasteiger partial charge in [-0.15, -0.1) is 0 Å². The van der Waals surface area contributed by atoms with Crippen molar-refractivity contribution in [2.24, 2.45) is 4.99 Å². The molecule has 2 aromatic carbocycles. The van der Waals surface area contributed by atoms with Gasteiger partial charge in [0.25, 0.3) is 0 Å². The van der Waals surface area contributed by atoms with Gasteiger partial charge >= 0.3 is 12.2 Å². The van der Waals surface area contributed by atoms with Crippen molar-refractivity contribution in [3.8, 4) is 5.75 Å². The first-order valence-electron chi connectivity index (χ1n) is 11.0. The van der Waals surface area contributed by atoms with E-state index in [0.29, 0.717) is 12.4 Å². The second-order valence-electron chi connectivity index (χ2n) is 9.57. The van der Waals surface area contributed by atoms with Crippen LogP contribution < -0.4 is 4.74 Å². The van der Waals surface area contributed by atoms with E-state index in [2.05, 4.69) is 4.99 Å². The van der Waals surface area contributed by atoms with Crippen molar-refractivity contribution in [1.82, 2.24) is 4.90 Å². The number of nitrogens with zero attached hydrogens (tertiary/aromatic N) is 2. The van der Waals surface area contributed by atoms with E-state index < -0.39 is 23.4 Å². The van der Waals surface area contributed by atoms with E-state index in [1.165, 1.54) is 4.90 Å². The van der Waals surface area contributed by atoms with Crippen molar-refractivity contribution >= 4 is 29.1 Å². The van der Waals surface area contributed by atoms with Crippen molar-refractivity contribution in [1.29, 1.82) is 0 Å². The molecule has 0 aliphatic heterocycles. The standard InChI is InChI=1S/C26H34N2O5S/c1-25(2,3)32-23(29)27-22(34-7)28(24(30)33-26(4,5)6)17-20-14-11-15-21(16-20)31-18-19-12-9-8-10-13-19/h8-16H,17-18H2,1-7H3/b27-22-. The van der Waals surface area contributed by atoms with E-state index in [9.17, 15) is 9.59 Å². The molecule has 0 aliphatic carbocycles. The lowest BCUT2D eigenvalue weighted by atomic mass is 10.2. The van der Waals surface area contributed by atoms with Gasteiger partial charge in [0.2, 0.25) is 0 Å². The highest BCUT2D eigenvalue weighted by atomic mass is 32.2. The summed E-state index contributed by atoms with van der Waals surface area (Å²) in [6, 6.07) is 17.3. The Morgan fingerprint density at radius 2 is 1.50 bits per heavy atom. The summed E-state index contributed by atoms with van der Waals surface area (Å²) in [5, 5.41) is 0.180. The molecule has 8 heteroatoms. The summed E-state index contributed by atoms with van der Waals surface area (Å²) in [7, 11) is 0. The Morgan fingerprint density at radius 3 is 2.09 bits per heavy atom. The van der Waals surface area contributed by atoms with Crippen molar-refractivity contribution in [3.63, 3.8) is 0 Å². The fraction of sp³-hybridized carbons (Fsp3) is 0.423. The van der Waals surface area contributed by atoms with Gasteiger partial charge in [-0.3, -0.25) is 4.90 Å². The van der Waals surface area contributed by atoms with E-state index in [1.54, 1.807) is 47.8 Å². The number of benzene rings is 2. The lowest BCUT2D eigenvalue weighted by Gasteiger charge is -2.27. The molecule has 0 spiro atoms. The minimum absolute atomic E-state index is 0.139. The molecule has 7 nitrogen and oxygen atoms in total. The number of hydrogen-bond donors (Lipinski definition) is 0. The van der Waals surface area contributed by atoms with Gasteiger partial charge in [-0.2, -0.15) is 4.99 Å². The number of hydrogen-bond acceptors (Lipinski definition) is 6. The number of thioether (sulfide) groups is 1. The van der Waals surface area contributed by atoms with Crippen LogP contribution in [0.25, 0.3) is 0 Å². The summed E-state index contributed by atoms with van der Waals surface area (Å²) in [5.74, 6) is 0.667. The van der Waals surface area contributed by atoms with Gasteiger partial charge in [0.15, 0.2) is 5.17 Å². The average Bonchev–Trinajstić information content (AvgIpc) is 2.73. The molecule has 0 atom stereocenters. The summed E-state index contributed by atoms with van der Waals surface area (Å²) >= 11 is 1.16.